The lowest BCUT2D eigenvalue weighted by molar-refractivity contribution is -0.132. The molecule has 1 aromatic rings. The number of sulfonamides is 1. The summed E-state index contributed by atoms with van der Waals surface area (Å²) in [7, 11) is -4.20. The molecule has 1 aromatic carbocycles. The number of benzene rings is 1. The lowest BCUT2D eigenvalue weighted by Gasteiger charge is -2.11. The van der Waals surface area contributed by atoms with Gasteiger partial charge in [0.05, 0.1) is 17.0 Å². The van der Waals surface area contributed by atoms with Crippen LogP contribution in [0.4, 0.5) is 23.2 Å². The largest absolute Gasteiger partial charge is 0.396 e. The first-order valence-electron chi connectivity index (χ1n) is 4.84. The third kappa shape index (κ3) is 4.62. The Hall–Kier alpha value is -0.870. The molecule has 0 saturated carbocycles. The van der Waals surface area contributed by atoms with Gasteiger partial charge in [0.15, 0.2) is 0 Å². The average Bonchev–Trinajstić information content (AvgIpc) is 2.20. The van der Waals surface area contributed by atoms with Gasteiger partial charge >= 0.3 is 6.18 Å². The highest BCUT2D eigenvalue weighted by molar-refractivity contribution is 9.10. The van der Waals surface area contributed by atoms with E-state index in [1.165, 1.54) is 0 Å². The minimum atomic E-state index is -4.47. The van der Waals surface area contributed by atoms with Crippen molar-refractivity contribution in [1.29, 1.82) is 0 Å². The van der Waals surface area contributed by atoms with E-state index in [-0.39, 0.29) is 4.47 Å². The molecule has 0 aliphatic rings. The van der Waals surface area contributed by atoms with Crippen LogP contribution in [0, 0.1) is 5.82 Å². The van der Waals surface area contributed by atoms with Gasteiger partial charge in [-0.2, -0.15) is 13.2 Å². The fourth-order valence-electron chi connectivity index (χ4n) is 1.16. The smallest absolute Gasteiger partial charge is 0.390 e. The average molecular weight is 365 g/mol. The Balaban J connectivity index is 2.92. The summed E-state index contributed by atoms with van der Waals surface area (Å²) < 4.78 is 73.9. The van der Waals surface area contributed by atoms with Crippen molar-refractivity contribution in [2.45, 2.75) is 17.5 Å². The quantitative estimate of drug-likeness (QED) is 0.636. The minimum absolute atomic E-state index is 0.126. The molecule has 4 nitrogen and oxygen atoms in total. The van der Waals surface area contributed by atoms with E-state index in [1.54, 1.807) is 4.72 Å². The fraction of sp³-hybridized carbons (Fsp3) is 0.333. The van der Waals surface area contributed by atoms with Crippen molar-refractivity contribution in [3.05, 3.63) is 22.4 Å². The predicted octanol–water partition coefficient (Wildman–Crippen LogP) is 2.40. The van der Waals surface area contributed by atoms with E-state index in [4.69, 9.17) is 5.73 Å². The molecule has 3 N–H and O–H groups in total. The third-order valence-corrected chi connectivity index (χ3v) is 4.46. The molecule has 1 rings (SSSR count). The summed E-state index contributed by atoms with van der Waals surface area (Å²) >= 11 is 2.81. The molecule has 0 radical (unpaired) electrons. The molecule has 0 saturated heterocycles. The molecule has 19 heavy (non-hydrogen) atoms. The molecule has 0 amide bonds. The Morgan fingerprint density at radius 2 is 1.89 bits per heavy atom. The maximum atomic E-state index is 13.0. The number of alkyl halides is 3. The van der Waals surface area contributed by atoms with Gasteiger partial charge in [-0.25, -0.2) is 17.5 Å². The second kappa shape index (κ2) is 5.63. The van der Waals surface area contributed by atoms with Gasteiger partial charge in [0.2, 0.25) is 10.0 Å². The van der Waals surface area contributed by atoms with Crippen LogP contribution >= 0.6 is 15.9 Å². The van der Waals surface area contributed by atoms with Crippen molar-refractivity contribution in [3.63, 3.8) is 0 Å². The second-order valence-corrected chi connectivity index (χ2v) is 6.16. The maximum absolute atomic E-state index is 13.0. The lowest BCUT2D eigenvalue weighted by Crippen LogP contribution is -2.28. The molecule has 0 fully saturated rings. The molecule has 0 unspecified atom stereocenters. The zero-order chi connectivity index (χ0) is 14.8. The van der Waals surface area contributed by atoms with E-state index in [1.807, 2.05) is 0 Å². The fourth-order valence-corrected chi connectivity index (χ4v) is 3.23. The zero-order valence-corrected chi connectivity index (χ0v) is 11.7. The monoisotopic (exact) mass is 364 g/mol. The molecular formula is C9H9BrF4N2O2S. The van der Waals surface area contributed by atoms with Crippen LogP contribution in [-0.2, 0) is 10.0 Å². The van der Waals surface area contributed by atoms with Crippen LogP contribution in [0.1, 0.15) is 6.42 Å². The van der Waals surface area contributed by atoms with Gasteiger partial charge < -0.3 is 5.73 Å². The molecular weight excluding hydrogens is 356 g/mol. The van der Waals surface area contributed by atoms with Crippen molar-refractivity contribution in [2.75, 3.05) is 12.3 Å². The van der Waals surface area contributed by atoms with Crippen molar-refractivity contribution in [3.8, 4) is 0 Å². The van der Waals surface area contributed by atoms with E-state index in [0.29, 0.717) is 0 Å². The van der Waals surface area contributed by atoms with Crippen LogP contribution in [0.5, 0.6) is 0 Å². The summed E-state index contributed by atoms with van der Waals surface area (Å²) in [5, 5.41) is 0. The van der Waals surface area contributed by atoms with Gasteiger partial charge in [0, 0.05) is 11.0 Å². The Morgan fingerprint density at radius 1 is 1.32 bits per heavy atom. The van der Waals surface area contributed by atoms with Gasteiger partial charge in [-0.05, 0) is 28.1 Å². The zero-order valence-electron chi connectivity index (χ0n) is 9.26. The van der Waals surface area contributed by atoms with Crippen LogP contribution in [0.25, 0.3) is 0 Å². The standard InChI is InChI=1S/C9H9BrF4N2O2S/c10-5-3-6(11)7(15)4-8(5)19(17,18)16-2-1-9(12,13)14/h3-4,16H,1-2,15H2. The summed E-state index contributed by atoms with van der Waals surface area (Å²) in [4.78, 5) is -0.423. The van der Waals surface area contributed by atoms with Crippen LogP contribution in [-0.4, -0.2) is 21.1 Å². The van der Waals surface area contributed by atoms with Gasteiger partial charge in [-0.15, -0.1) is 0 Å². The molecule has 0 aromatic heterocycles. The molecule has 10 heteroatoms. The van der Waals surface area contributed by atoms with E-state index in [9.17, 15) is 26.0 Å². The Bertz CT molecular complexity index is 574. The van der Waals surface area contributed by atoms with Gasteiger partial charge in [0.25, 0.3) is 0 Å². The SMILES string of the molecule is Nc1cc(S(=O)(=O)NCCC(F)(F)F)c(Br)cc1F. The molecule has 0 aliphatic carbocycles. The maximum Gasteiger partial charge on any atom is 0.390 e. The Kier molecular flexibility index (Phi) is 4.80. The number of hydrogen-bond acceptors (Lipinski definition) is 3. The van der Waals surface area contributed by atoms with Crippen LogP contribution in [0.2, 0.25) is 0 Å². The molecule has 0 atom stereocenters. The number of nitrogens with one attached hydrogen (secondary N) is 1. The summed E-state index contributed by atoms with van der Waals surface area (Å²) in [6.45, 7) is -0.810. The van der Waals surface area contributed by atoms with Crippen LogP contribution < -0.4 is 10.5 Å². The number of nitrogen functional groups attached to an aromatic ring is 1. The Morgan fingerprint density at radius 3 is 2.42 bits per heavy atom. The highest BCUT2D eigenvalue weighted by Gasteiger charge is 2.28. The topological polar surface area (TPSA) is 72.2 Å². The molecule has 108 valence electrons. The molecule has 0 spiro atoms. The number of nitrogens with two attached hydrogens (primary N) is 1. The van der Waals surface area contributed by atoms with E-state index >= 15 is 0 Å². The number of rotatable bonds is 4. The number of halogens is 5. The van der Waals surface area contributed by atoms with Gasteiger partial charge in [0.1, 0.15) is 5.82 Å². The van der Waals surface area contributed by atoms with Gasteiger partial charge in [-0.3, -0.25) is 0 Å². The summed E-state index contributed by atoms with van der Waals surface area (Å²) in [5.74, 6) is -0.832. The highest BCUT2D eigenvalue weighted by Crippen LogP contribution is 2.27. The lowest BCUT2D eigenvalue weighted by atomic mass is 10.3. The van der Waals surface area contributed by atoms with Gasteiger partial charge in [-0.1, -0.05) is 0 Å². The molecule has 0 heterocycles. The summed E-state index contributed by atoms with van der Waals surface area (Å²) in [6.07, 6.45) is -5.78. The van der Waals surface area contributed by atoms with Crippen molar-refractivity contribution < 1.29 is 26.0 Å². The second-order valence-electron chi connectivity index (χ2n) is 3.57. The Labute approximate surface area is 115 Å². The molecule has 0 aliphatic heterocycles. The summed E-state index contributed by atoms with van der Waals surface area (Å²) in [5.41, 5.74) is 4.80. The number of anilines is 1. The van der Waals surface area contributed by atoms with E-state index in [0.717, 1.165) is 12.1 Å². The van der Waals surface area contributed by atoms with Crippen molar-refractivity contribution in [1.82, 2.24) is 4.72 Å². The normalized spacial score (nSPS) is 12.7. The van der Waals surface area contributed by atoms with E-state index < -0.39 is 45.6 Å². The first kappa shape index (κ1) is 16.2. The minimum Gasteiger partial charge on any atom is -0.396 e. The predicted molar refractivity (Wildman–Crippen MR) is 64.4 cm³/mol. The van der Waals surface area contributed by atoms with Crippen molar-refractivity contribution in [2.24, 2.45) is 0 Å². The first-order chi connectivity index (χ1) is 8.53. The van der Waals surface area contributed by atoms with E-state index in [2.05, 4.69) is 15.9 Å². The number of hydrogen-bond donors (Lipinski definition) is 2. The van der Waals surface area contributed by atoms with Crippen LogP contribution in [0.15, 0.2) is 21.5 Å². The summed E-state index contributed by atoms with van der Waals surface area (Å²) in [6, 6.07) is 1.66. The van der Waals surface area contributed by atoms with Crippen LogP contribution in [0.3, 0.4) is 0 Å². The first-order valence-corrected chi connectivity index (χ1v) is 7.11. The third-order valence-electron chi connectivity index (χ3n) is 2.04. The van der Waals surface area contributed by atoms with Crippen molar-refractivity contribution >= 4 is 31.6 Å². The highest BCUT2D eigenvalue weighted by atomic mass is 79.9. The molecule has 0 bridgehead atoms.